The maximum absolute atomic E-state index is 12.5. The quantitative estimate of drug-likeness (QED) is 0.933. The Morgan fingerprint density at radius 3 is 2.62 bits per heavy atom. The van der Waals surface area contributed by atoms with Crippen LogP contribution in [0.15, 0.2) is 18.2 Å². The lowest BCUT2D eigenvalue weighted by atomic mass is 10.1. The number of amides is 1. The van der Waals surface area contributed by atoms with E-state index in [1.807, 2.05) is 45.9 Å². The Balaban J connectivity index is 2.04. The van der Waals surface area contributed by atoms with Gasteiger partial charge in [0.25, 0.3) is 0 Å². The Hall–Kier alpha value is -1.10. The summed E-state index contributed by atoms with van der Waals surface area (Å²) in [5.41, 5.74) is 1.66. The van der Waals surface area contributed by atoms with Crippen LogP contribution in [0.4, 0.5) is 5.69 Å². The molecule has 1 amide bonds. The Morgan fingerprint density at radius 1 is 1.38 bits per heavy atom. The normalized spacial score (nSPS) is 24.6. The molecule has 1 aliphatic rings. The number of hydrogen-bond acceptors (Lipinski definition) is 3. The highest BCUT2D eigenvalue weighted by molar-refractivity contribution is 6.31. The van der Waals surface area contributed by atoms with E-state index in [1.54, 1.807) is 0 Å². The summed E-state index contributed by atoms with van der Waals surface area (Å²) in [5, 5.41) is 3.63. The van der Waals surface area contributed by atoms with E-state index in [1.165, 1.54) is 0 Å². The van der Waals surface area contributed by atoms with Gasteiger partial charge in [-0.15, -0.1) is 0 Å². The van der Waals surface area contributed by atoms with Crippen LogP contribution in [0.3, 0.4) is 0 Å². The molecule has 1 fully saturated rings. The van der Waals surface area contributed by atoms with E-state index in [9.17, 15) is 4.79 Å². The number of carbonyl (C=O) groups excluding carboxylic acids is 1. The molecule has 1 heterocycles. The van der Waals surface area contributed by atoms with Crippen molar-refractivity contribution in [2.75, 3.05) is 18.4 Å². The molecule has 3 atom stereocenters. The molecule has 1 N–H and O–H groups in total. The second-order valence-electron chi connectivity index (χ2n) is 5.79. The summed E-state index contributed by atoms with van der Waals surface area (Å²) in [6.45, 7) is 9.45. The Bertz CT molecular complexity index is 511. The molecular weight excluding hydrogens is 288 g/mol. The zero-order valence-electron chi connectivity index (χ0n) is 13.0. The van der Waals surface area contributed by atoms with Crippen LogP contribution in [0.2, 0.25) is 5.02 Å². The lowest BCUT2D eigenvalue weighted by molar-refractivity contribution is -0.126. The van der Waals surface area contributed by atoms with E-state index in [0.717, 1.165) is 24.3 Å². The van der Waals surface area contributed by atoms with Crippen molar-refractivity contribution in [3.05, 3.63) is 28.8 Å². The van der Waals surface area contributed by atoms with Gasteiger partial charge in [-0.1, -0.05) is 17.7 Å². The third-order valence-electron chi connectivity index (χ3n) is 3.90. The van der Waals surface area contributed by atoms with Crippen molar-refractivity contribution in [3.8, 4) is 0 Å². The zero-order chi connectivity index (χ0) is 15.6. The van der Waals surface area contributed by atoms with Crippen LogP contribution in [0.5, 0.6) is 0 Å². The maximum atomic E-state index is 12.5. The predicted octanol–water partition coefficient (Wildman–Crippen LogP) is 3.08. The van der Waals surface area contributed by atoms with Crippen LogP contribution in [-0.2, 0) is 9.53 Å². The SMILES string of the molecule is Cc1c(Cl)cccc1NC(=O)C(C)N1CC(C)OC(C)C1. The second-order valence-corrected chi connectivity index (χ2v) is 6.20. The molecule has 2 rings (SSSR count). The molecule has 1 aliphatic heterocycles. The molecule has 5 heteroatoms. The third kappa shape index (κ3) is 3.96. The van der Waals surface area contributed by atoms with Crippen LogP contribution < -0.4 is 5.32 Å². The average molecular weight is 311 g/mol. The molecule has 116 valence electrons. The largest absolute Gasteiger partial charge is 0.373 e. The number of nitrogens with zero attached hydrogens (tertiary/aromatic N) is 1. The standard InChI is InChI=1S/C16H23ClN2O2/c1-10-8-19(9-11(2)21-10)13(4)16(20)18-15-7-5-6-14(17)12(15)3/h5-7,10-11,13H,8-9H2,1-4H3,(H,18,20). The first-order valence-electron chi connectivity index (χ1n) is 7.34. The number of anilines is 1. The fraction of sp³-hybridized carbons (Fsp3) is 0.562. The van der Waals surface area contributed by atoms with Gasteiger partial charge in [0.1, 0.15) is 0 Å². The van der Waals surface area contributed by atoms with E-state index < -0.39 is 0 Å². The van der Waals surface area contributed by atoms with Gasteiger partial charge in [0.05, 0.1) is 18.2 Å². The smallest absolute Gasteiger partial charge is 0.241 e. The van der Waals surface area contributed by atoms with Gasteiger partial charge in [-0.3, -0.25) is 9.69 Å². The number of benzene rings is 1. The molecule has 21 heavy (non-hydrogen) atoms. The fourth-order valence-electron chi connectivity index (χ4n) is 2.68. The first-order valence-corrected chi connectivity index (χ1v) is 7.71. The number of hydrogen-bond donors (Lipinski definition) is 1. The number of halogens is 1. The molecule has 0 aliphatic carbocycles. The molecule has 0 bridgehead atoms. The van der Waals surface area contributed by atoms with Gasteiger partial charge >= 0.3 is 0 Å². The van der Waals surface area contributed by atoms with Crippen LogP contribution >= 0.6 is 11.6 Å². The summed E-state index contributed by atoms with van der Waals surface area (Å²) in [6.07, 6.45) is 0.300. The highest BCUT2D eigenvalue weighted by Gasteiger charge is 2.29. The lowest BCUT2D eigenvalue weighted by Crippen LogP contribution is -2.52. The van der Waals surface area contributed by atoms with E-state index in [2.05, 4.69) is 10.2 Å². The van der Waals surface area contributed by atoms with Gasteiger partial charge < -0.3 is 10.1 Å². The number of morpholine rings is 1. The van der Waals surface area contributed by atoms with Gasteiger partial charge in [-0.05, 0) is 45.4 Å². The van der Waals surface area contributed by atoms with Gasteiger partial charge in [0, 0.05) is 23.8 Å². The zero-order valence-corrected chi connectivity index (χ0v) is 13.8. The molecule has 0 aromatic heterocycles. The first kappa shape index (κ1) is 16.3. The summed E-state index contributed by atoms with van der Waals surface area (Å²) in [4.78, 5) is 14.6. The van der Waals surface area contributed by atoms with Crippen molar-refractivity contribution in [2.45, 2.75) is 45.9 Å². The molecule has 0 saturated carbocycles. The van der Waals surface area contributed by atoms with E-state index in [0.29, 0.717) is 5.02 Å². The fourth-order valence-corrected chi connectivity index (χ4v) is 2.85. The molecule has 0 radical (unpaired) electrons. The molecule has 3 unspecified atom stereocenters. The topological polar surface area (TPSA) is 41.6 Å². The molecule has 4 nitrogen and oxygen atoms in total. The van der Waals surface area contributed by atoms with E-state index in [-0.39, 0.29) is 24.2 Å². The molecule has 1 aromatic carbocycles. The minimum Gasteiger partial charge on any atom is -0.373 e. The van der Waals surface area contributed by atoms with Crippen molar-refractivity contribution in [3.63, 3.8) is 0 Å². The third-order valence-corrected chi connectivity index (χ3v) is 4.31. The monoisotopic (exact) mass is 310 g/mol. The molecule has 1 aromatic rings. The minimum atomic E-state index is -0.197. The van der Waals surface area contributed by atoms with Crippen molar-refractivity contribution in [2.24, 2.45) is 0 Å². The number of carbonyl (C=O) groups is 1. The number of rotatable bonds is 3. The first-order chi connectivity index (χ1) is 9.88. The van der Waals surface area contributed by atoms with Gasteiger partial charge in [0.2, 0.25) is 5.91 Å². The van der Waals surface area contributed by atoms with Gasteiger partial charge in [0.15, 0.2) is 0 Å². The number of ether oxygens (including phenoxy) is 1. The summed E-state index contributed by atoms with van der Waals surface area (Å²) in [7, 11) is 0. The molecule has 1 saturated heterocycles. The maximum Gasteiger partial charge on any atom is 0.241 e. The van der Waals surface area contributed by atoms with Crippen molar-refractivity contribution in [1.82, 2.24) is 4.90 Å². The van der Waals surface area contributed by atoms with Crippen molar-refractivity contribution in [1.29, 1.82) is 0 Å². The summed E-state index contributed by atoms with van der Waals surface area (Å²) in [6, 6.07) is 5.34. The van der Waals surface area contributed by atoms with Gasteiger partial charge in [-0.2, -0.15) is 0 Å². The van der Waals surface area contributed by atoms with Crippen LogP contribution in [0.1, 0.15) is 26.3 Å². The van der Waals surface area contributed by atoms with E-state index >= 15 is 0 Å². The number of nitrogens with one attached hydrogen (secondary N) is 1. The summed E-state index contributed by atoms with van der Waals surface area (Å²) >= 11 is 6.09. The highest BCUT2D eigenvalue weighted by atomic mass is 35.5. The Kier molecular flexibility index (Phi) is 5.25. The summed E-state index contributed by atoms with van der Waals surface area (Å²) < 4.78 is 5.71. The molecular formula is C16H23ClN2O2. The van der Waals surface area contributed by atoms with Crippen LogP contribution in [0.25, 0.3) is 0 Å². The second kappa shape index (κ2) is 6.77. The van der Waals surface area contributed by atoms with Crippen molar-refractivity contribution < 1.29 is 9.53 Å². The van der Waals surface area contributed by atoms with E-state index in [4.69, 9.17) is 16.3 Å². The van der Waals surface area contributed by atoms with Crippen LogP contribution in [-0.4, -0.2) is 42.1 Å². The predicted molar refractivity (Wildman–Crippen MR) is 85.9 cm³/mol. The Labute approximate surface area is 131 Å². The summed E-state index contributed by atoms with van der Waals surface area (Å²) in [5.74, 6) is -0.0123. The Morgan fingerprint density at radius 2 is 2.00 bits per heavy atom. The van der Waals surface area contributed by atoms with Crippen LogP contribution in [0, 0.1) is 6.92 Å². The van der Waals surface area contributed by atoms with Gasteiger partial charge in [-0.25, -0.2) is 0 Å². The lowest BCUT2D eigenvalue weighted by Gasteiger charge is -2.38. The molecule has 0 spiro atoms. The minimum absolute atomic E-state index is 0.0123. The highest BCUT2D eigenvalue weighted by Crippen LogP contribution is 2.23. The average Bonchev–Trinajstić information content (AvgIpc) is 2.42. The van der Waals surface area contributed by atoms with Crippen molar-refractivity contribution >= 4 is 23.2 Å².